The van der Waals surface area contributed by atoms with Crippen molar-refractivity contribution in [2.75, 3.05) is 4.72 Å². The number of carbonyl (C=O) groups is 1. The van der Waals surface area contributed by atoms with E-state index in [4.69, 9.17) is 0 Å². The summed E-state index contributed by atoms with van der Waals surface area (Å²) in [7, 11) is -3.73. The van der Waals surface area contributed by atoms with E-state index in [1.54, 1.807) is 23.6 Å². The highest BCUT2D eigenvalue weighted by Crippen LogP contribution is 2.27. The number of sulfonamides is 1. The Bertz CT molecular complexity index is 1140. The number of anilines is 1. The molecule has 146 valence electrons. The summed E-state index contributed by atoms with van der Waals surface area (Å²) >= 11 is 1.20. The van der Waals surface area contributed by atoms with Gasteiger partial charge in [-0.3, -0.25) is 9.52 Å². The van der Waals surface area contributed by atoms with E-state index in [9.17, 15) is 17.6 Å². The van der Waals surface area contributed by atoms with Gasteiger partial charge in [0.15, 0.2) is 5.13 Å². The Balaban J connectivity index is 0.00000240. The molecule has 9 heteroatoms. The summed E-state index contributed by atoms with van der Waals surface area (Å²) in [6.07, 6.45) is 2.57. The highest BCUT2D eigenvalue weighted by Gasteiger charge is 2.26. The first kappa shape index (κ1) is 18.6. The minimum atomic E-state index is -3.73. The number of amides is 1. The Hall–Kier alpha value is -2.78. The Morgan fingerprint density at radius 3 is 2.71 bits per heavy atom. The molecule has 0 bridgehead atoms. The fraction of sp³-hybridized carbons (Fsp3) is 0.158. The quantitative estimate of drug-likeness (QED) is 0.665. The van der Waals surface area contributed by atoms with Crippen LogP contribution in [0.2, 0.25) is 0 Å². The Kier molecular flexibility index (Phi) is 4.86. The Morgan fingerprint density at radius 1 is 1.18 bits per heavy atom. The van der Waals surface area contributed by atoms with Crippen LogP contribution in [0.25, 0.3) is 0 Å². The van der Waals surface area contributed by atoms with Crippen molar-refractivity contribution in [3.05, 3.63) is 76.5 Å². The molecule has 6 nitrogen and oxygen atoms in total. The van der Waals surface area contributed by atoms with Crippen molar-refractivity contribution in [1.29, 1.82) is 0 Å². The van der Waals surface area contributed by atoms with Crippen LogP contribution in [0.5, 0.6) is 0 Å². The van der Waals surface area contributed by atoms with Gasteiger partial charge in [-0.25, -0.2) is 17.8 Å². The van der Waals surface area contributed by atoms with Gasteiger partial charge in [0.1, 0.15) is 5.82 Å². The normalized spacial score (nSPS) is 15.8. The molecule has 28 heavy (non-hydrogen) atoms. The number of hydrogen-bond donors (Lipinski definition) is 2. The van der Waals surface area contributed by atoms with Crippen LogP contribution in [-0.2, 0) is 22.9 Å². The number of fused-ring (bicyclic) bond motifs is 1. The van der Waals surface area contributed by atoms with Gasteiger partial charge < -0.3 is 5.32 Å². The third-order valence-corrected chi connectivity index (χ3v) is 6.68. The maximum absolute atomic E-state index is 13.8. The van der Waals surface area contributed by atoms with E-state index in [0.29, 0.717) is 18.0 Å². The van der Waals surface area contributed by atoms with Gasteiger partial charge in [-0.05, 0) is 48.2 Å². The van der Waals surface area contributed by atoms with E-state index >= 15 is 0 Å². The molecule has 1 heterocycles. The molecule has 0 saturated heterocycles. The highest BCUT2D eigenvalue weighted by molar-refractivity contribution is 7.93. The van der Waals surface area contributed by atoms with E-state index < -0.39 is 21.7 Å². The molecule has 1 amide bonds. The monoisotopic (exact) mass is 419 g/mol. The zero-order chi connectivity index (χ0) is 19.7. The van der Waals surface area contributed by atoms with Gasteiger partial charge in [0, 0.05) is 19.0 Å². The smallest absolute Gasteiger partial charge is 0.263 e. The summed E-state index contributed by atoms with van der Waals surface area (Å²) in [5.41, 5.74) is 1.81. The van der Waals surface area contributed by atoms with Crippen LogP contribution >= 0.6 is 11.3 Å². The summed E-state index contributed by atoms with van der Waals surface area (Å²) in [6.45, 7) is 0. The molecule has 1 aliphatic rings. The minimum Gasteiger partial charge on any atom is -0.349 e. The van der Waals surface area contributed by atoms with Crippen LogP contribution in [0.1, 0.15) is 22.9 Å². The van der Waals surface area contributed by atoms with Crippen LogP contribution in [0.15, 0.2) is 58.9 Å². The van der Waals surface area contributed by atoms with Crippen molar-refractivity contribution in [2.24, 2.45) is 0 Å². The lowest BCUT2D eigenvalue weighted by Gasteiger charge is -2.12. The average molecular weight is 420 g/mol. The summed E-state index contributed by atoms with van der Waals surface area (Å²) < 4.78 is 41.3. The number of rotatable bonds is 5. The third-order valence-electron chi connectivity index (χ3n) is 4.53. The number of hydrogen-bond acceptors (Lipinski definition) is 5. The molecule has 1 aliphatic carbocycles. The largest absolute Gasteiger partial charge is 0.349 e. The molecule has 2 aromatic carbocycles. The fourth-order valence-corrected chi connectivity index (χ4v) is 5.06. The number of nitrogens with zero attached hydrogens (tertiary/aromatic N) is 1. The average Bonchev–Trinajstić information content (AvgIpc) is 3.29. The standard InChI is InChI=1S/C19H16FN3O3S2.H2/c20-17-4-2-1-3-16(17)18(24)22-14-9-12-5-6-15(11-13(12)10-14)28(25,26)23-19-21-7-8-27-19;/h1-8,11,14H,9-10H2,(H,21,23)(H,22,24);1H. The number of nitrogens with one attached hydrogen (secondary N) is 2. The van der Waals surface area contributed by atoms with Gasteiger partial charge in [-0.1, -0.05) is 18.2 Å². The first-order valence-electron chi connectivity index (χ1n) is 8.52. The summed E-state index contributed by atoms with van der Waals surface area (Å²) in [4.78, 5) is 16.4. The first-order valence-corrected chi connectivity index (χ1v) is 10.9. The molecular weight excluding hydrogens is 401 g/mol. The van der Waals surface area contributed by atoms with Crippen LogP contribution in [0.4, 0.5) is 9.52 Å². The molecule has 2 N–H and O–H groups in total. The zero-order valence-electron chi connectivity index (χ0n) is 14.6. The van der Waals surface area contributed by atoms with Crippen LogP contribution in [0.3, 0.4) is 0 Å². The number of aromatic nitrogens is 1. The van der Waals surface area contributed by atoms with Gasteiger partial charge in [0.25, 0.3) is 15.9 Å². The molecule has 1 unspecified atom stereocenters. The van der Waals surface area contributed by atoms with E-state index in [0.717, 1.165) is 11.1 Å². The summed E-state index contributed by atoms with van der Waals surface area (Å²) in [6, 6.07) is 10.5. The van der Waals surface area contributed by atoms with Gasteiger partial charge in [0.05, 0.1) is 10.5 Å². The Morgan fingerprint density at radius 2 is 1.96 bits per heavy atom. The number of halogens is 1. The lowest BCUT2D eigenvalue weighted by atomic mass is 10.1. The SMILES string of the molecule is O=C(NC1Cc2ccc(S(=O)(=O)Nc3nccs3)cc2C1)c1ccccc1F.[HH]. The number of carbonyl (C=O) groups excluding carboxylic acids is 1. The molecule has 1 aromatic heterocycles. The fourth-order valence-electron chi connectivity index (χ4n) is 3.22. The molecule has 0 radical (unpaired) electrons. The predicted molar refractivity (Wildman–Crippen MR) is 107 cm³/mol. The molecule has 0 spiro atoms. The molecule has 0 saturated carbocycles. The van der Waals surface area contributed by atoms with Crippen molar-refractivity contribution in [3.63, 3.8) is 0 Å². The molecule has 1 atom stereocenters. The molecule has 4 rings (SSSR count). The van der Waals surface area contributed by atoms with Crippen LogP contribution in [0, 0.1) is 5.82 Å². The first-order chi connectivity index (χ1) is 13.4. The maximum atomic E-state index is 13.8. The van der Waals surface area contributed by atoms with E-state index in [2.05, 4.69) is 15.0 Å². The van der Waals surface area contributed by atoms with E-state index in [-0.39, 0.29) is 17.9 Å². The van der Waals surface area contributed by atoms with Crippen LogP contribution < -0.4 is 10.0 Å². The molecule has 0 aliphatic heterocycles. The second-order valence-electron chi connectivity index (χ2n) is 6.43. The second kappa shape index (κ2) is 7.33. The van der Waals surface area contributed by atoms with Gasteiger partial charge in [-0.15, -0.1) is 11.3 Å². The highest BCUT2D eigenvalue weighted by atomic mass is 32.2. The van der Waals surface area contributed by atoms with E-state index in [1.165, 1.54) is 41.8 Å². The van der Waals surface area contributed by atoms with Crippen molar-refractivity contribution < 1.29 is 19.0 Å². The molecule has 0 fully saturated rings. The van der Waals surface area contributed by atoms with Gasteiger partial charge in [0.2, 0.25) is 0 Å². The van der Waals surface area contributed by atoms with Gasteiger partial charge in [-0.2, -0.15) is 0 Å². The molecule has 3 aromatic rings. The van der Waals surface area contributed by atoms with Crippen molar-refractivity contribution in [3.8, 4) is 0 Å². The molecular formula is C19H18FN3O3S2. The van der Waals surface area contributed by atoms with E-state index in [1.807, 2.05) is 0 Å². The van der Waals surface area contributed by atoms with Crippen molar-refractivity contribution >= 4 is 32.4 Å². The zero-order valence-corrected chi connectivity index (χ0v) is 16.2. The number of benzene rings is 2. The van der Waals surface area contributed by atoms with Crippen molar-refractivity contribution in [2.45, 2.75) is 23.8 Å². The third kappa shape index (κ3) is 3.76. The summed E-state index contributed by atoms with van der Waals surface area (Å²) in [5.74, 6) is -1.05. The van der Waals surface area contributed by atoms with Gasteiger partial charge >= 0.3 is 0 Å². The lowest BCUT2D eigenvalue weighted by Crippen LogP contribution is -2.35. The summed E-state index contributed by atoms with van der Waals surface area (Å²) in [5, 5.41) is 4.81. The lowest BCUT2D eigenvalue weighted by molar-refractivity contribution is 0.0934. The maximum Gasteiger partial charge on any atom is 0.263 e. The minimum absolute atomic E-state index is 0. The van der Waals surface area contributed by atoms with Crippen molar-refractivity contribution in [1.82, 2.24) is 10.3 Å². The topological polar surface area (TPSA) is 88.2 Å². The number of thiazole rings is 1. The Labute approximate surface area is 167 Å². The van der Waals surface area contributed by atoms with Crippen LogP contribution in [-0.4, -0.2) is 25.4 Å². The second-order valence-corrected chi connectivity index (χ2v) is 9.01. The predicted octanol–water partition coefficient (Wildman–Crippen LogP) is 3.23.